The van der Waals surface area contributed by atoms with E-state index in [-0.39, 0.29) is 6.04 Å². The summed E-state index contributed by atoms with van der Waals surface area (Å²) >= 11 is 11.2. The van der Waals surface area contributed by atoms with E-state index in [2.05, 4.69) is 40.3 Å². The number of thiophene rings is 1. The maximum atomic E-state index is 6.13. The maximum Gasteiger partial charge on any atom is 0.119 e. The highest BCUT2D eigenvalue weighted by Crippen LogP contribution is 2.37. The molecule has 1 unspecified atom stereocenters. The van der Waals surface area contributed by atoms with Crippen LogP contribution in [0.5, 0.6) is 5.75 Å². The summed E-state index contributed by atoms with van der Waals surface area (Å²) in [4.78, 5) is 1.18. The first-order valence-corrected chi connectivity index (χ1v) is 8.49. The molecule has 0 saturated carbocycles. The molecule has 108 valence electrons. The third kappa shape index (κ3) is 3.76. The Balaban J connectivity index is 2.27. The Kier molecular flexibility index (Phi) is 5.90. The number of benzene rings is 1. The second kappa shape index (κ2) is 7.46. The van der Waals surface area contributed by atoms with Gasteiger partial charge in [-0.2, -0.15) is 0 Å². The molecule has 0 amide bonds. The summed E-state index contributed by atoms with van der Waals surface area (Å²) in [5.41, 5.74) is 1.17. The largest absolute Gasteiger partial charge is 0.494 e. The Labute approximate surface area is 137 Å². The topological polar surface area (TPSA) is 21.3 Å². The van der Waals surface area contributed by atoms with Crippen molar-refractivity contribution >= 4 is 38.9 Å². The van der Waals surface area contributed by atoms with Gasteiger partial charge < -0.3 is 10.1 Å². The molecule has 0 spiro atoms. The lowest BCUT2D eigenvalue weighted by atomic mass is 10.1. The average Bonchev–Trinajstić information content (AvgIpc) is 2.77. The molecule has 0 bridgehead atoms. The normalized spacial score (nSPS) is 12.4. The predicted molar refractivity (Wildman–Crippen MR) is 90.2 cm³/mol. The molecule has 1 aromatic carbocycles. The smallest absolute Gasteiger partial charge is 0.119 e. The van der Waals surface area contributed by atoms with Crippen molar-refractivity contribution in [2.75, 3.05) is 13.7 Å². The molecule has 0 aliphatic heterocycles. The van der Waals surface area contributed by atoms with Gasteiger partial charge in [0.25, 0.3) is 0 Å². The fourth-order valence-corrected chi connectivity index (χ4v) is 3.87. The highest BCUT2D eigenvalue weighted by Gasteiger charge is 2.16. The lowest BCUT2D eigenvalue weighted by Gasteiger charge is -2.16. The van der Waals surface area contributed by atoms with Gasteiger partial charge in [-0.15, -0.1) is 11.3 Å². The fourth-order valence-electron chi connectivity index (χ4n) is 1.98. The van der Waals surface area contributed by atoms with Gasteiger partial charge in [-0.05, 0) is 53.2 Å². The molecule has 1 N–H and O–H groups in total. The lowest BCUT2D eigenvalue weighted by molar-refractivity contribution is 0.317. The minimum atomic E-state index is 0.119. The van der Waals surface area contributed by atoms with Crippen molar-refractivity contribution in [3.8, 4) is 5.75 Å². The molecule has 0 fully saturated rings. The monoisotopic (exact) mass is 373 g/mol. The zero-order valence-electron chi connectivity index (χ0n) is 11.5. The van der Waals surface area contributed by atoms with Crippen molar-refractivity contribution in [3.05, 3.63) is 49.6 Å². The number of hydrogen-bond acceptors (Lipinski definition) is 3. The van der Waals surface area contributed by atoms with Crippen molar-refractivity contribution < 1.29 is 4.74 Å². The minimum Gasteiger partial charge on any atom is -0.494 e. The summed E-state index contributed by atoms with van der Waals surface area (Å²) in [6, 6.07) is 10.3. The van der Waals surface area contributed by atoms with Crippen molar-refractivity contribution in [1.82, 2.24) is 5.32 Å². The van der Waals surface area contributed by atoms with E-state index in [1.54, 1.807) is 11.3 Å². The van der Waals surface area contributed by atoms with E-state index in [0.717, 1.165) is 27.6 Å². The van der Waals surface area contributed by atoms with Crippen LogP contribution in [-0.2, 0) is 0 Å². The maximum absolute atomic E-state index is 6.13. The van der Waals surface area contributed by atoms with Gasteiger partial charge >= 0.3 is 0 Å². The molecule has 5 heteroatoms. The number of hydrogen-bond donors (Lipinski definition) is 1. The molecular formula is C15H17BrClNOS. The summed E-state index contributed by atoms with van der Waals surface area (Å²) in [6.45, 7) is 2.84. The Hall–Kier alpha value is -0.550. The van der Waals surface area contributed by atoms with Crippen molar-refractivity contribution in [3.63, 3.8) is 0 Å². The molecular weight excluding hydrogens is 358 g/mol. The third-order valence-corrected chi connectivity index (χ3v) is 5.44. The first-order chi connectivity index (χ1) is 9.65. The van der Waals surface area contributed by atoms with E-state index >= 15 is 0 Å². The van der Waals surface area contributed by atoms with Crippen LogP contribution in [0.2, 0.25) is 5.02 Å². The standard InChI is InChI=1S/C15H17BrClNOS/c1-3-7-19-11-6-4-5-10(8-11)14(18-2)13-9-12(17)15(16)20-13/h4-6,8-9,14,18H,3,7H2,1-2H3. The third-order valence-electron chi connectivity index (χ3n) is 2.90. The van der Waals surface area contributed by atoms with Gasteiger partial charge in [-0.25, -0.2) is 0 Å². The molecule has 20 heavy (non-hydrogen) atoms. The van der Waals surface area contributed by atoms with E-state index in [4.69, 9.17) is 16.3 Å². The van der Waals surface area contributed by atoms with Crippen molar-refractivity contribution in [1.29, 1.82) is 0 Å². The highest BCUT2D eigenvalue weighted by molar-refractivity contribution is 9.11. The summed E-state index contributed by atoms with van der Waals surface area (Å²) in [5.74, 6) is 0.909. The van der Waals surface area contributed by atoms with Gasteiger partial charge in [0, 0.05) is 4.88 Å². The second-order valence-electron chi connectivity index (χ2n) is 4.41. The molecule has 2 nitrogen and oxygen atoms in total. The summed E-state index contributed by atoms with van der Waals surface area (Å²) in [5, 5.41) is 4.09. The van der Waals surface area contributed by atoms with E-state index < -0.39 is 0 Å². The van der Waals surface area contributed by atoms with Gasteiger partial charge in [0.05, 0.1) is 21.5 Å². The molecule has 1 atom stereocenters. The Bertz CT molecular complexity index is 553. The van der Waals surface area contributed by atoms with Crippen LogP contribution in [0.4, 0.5) is 0 Å². The summed E-state index contributed by atoms with van der Waals surface area (Å²) < 4.78 is 6.66. The molecule has 1 aromatic heterocycles. The zero-order chi connectivity index (χ0) is 14.5. The van der Waals surface area contributed by atoms with Crippen molar-refractivity contribution in [2.24, 2.45) is 0 Å². The first kappa shape index (κ1) is 15.8. The van der Waals surface area contributed by atoms with Crippen LogP contribution in [0.3, 0.4) is 0 Å². The minimum absolute atomic E-state index is 0.119. The SMILES string of the molecule is CCCOc1cccc(C(NC)c2cc(Cl)c(Br)s2)c1. The molecule has 2 aromatic rings. The zero-order valence-corrected chi connectivity index (χ0v) is 14.6. The van der Waals surface area contributed by atoms with E-state index in [1.807, 2.05) is 25.2 Å². The van der Waals surface area contributed by atoms with Crippen molar-refractivity contribution in [2.45, 2.75) is 19.4 Å². The quantitative estimate of drug-likeness (QED) is 0.744. The molecule has 0 radical (unpaired) electrons. The predicted octanol–water partition coefficient (Wildman–Crippen LogP) is 5.26. The van der Waals surface area contributed by atoms with E-state index in [0.29, 0.717) is 0 Å². The molecule has 2 rings (SSSR count). The van der Waals surface area contributed by atoms with Crippen LogP contribution >= 0.6 is 38.9 Å². The van der Waals surface area contributed by atoms with Gasteiger partial charge in [0.15, 0.2) is 0 Å². The summed E-state index contributed by atoms with van der Waals surface area (Å²) in [6.07, 6.45) is 1.01. The lowest BCUT2D eigenvalue weighted by Crippen LogP contribution is -2.16. The molecule has 1 heterocycles. The molecule has 0 saturated heterocycles. The number of rotatable bonds is 6. The molecule has 0 aliphatic carbocycles. The van der Waals surface area contributed by atoms with Crippen LogP contribution in [0.15, 0.2) is 34.1 Å². The second-order valence-corrected chi connectivity index (χ2v) is 7.22. The van der Waals surface area contributed by atoms with Gasteiger partial charge in [0.2, 0.25) is 0 Å². The van der Waals surface area contributed by atoms with Crippen LogP contribution in [0.25, 0.3) is 0 Å². The van der Waals surface area contributed by atoms with Crippen LogP contribution in [0.1, 0.15) is 29.8 Å². The van der Waals surface area contributed by atoms with Gasteiger partial charge in [0.1, 0.15) is 5.75 Å². The number of nitrogens with one attached hydrogen (secondary N) is 1. The van der Waals surface area contributed by atoms with Gasteiger partial charge in [-0.3, -0.25) is 0 Å². The molecule has 0 aliphatic rings. The van der Waals surface area contributed by atoms with Gasteiger partial charge in [-0.1, -0.05) is 30.7 Å². The summed E-state index contributed by atoms with van der Waals surface area (Å²) in [7, 11) is 1.95. The van der Waals surface area contributed by atoms with E-state index in [9.17, 15) is 0 Å². The van der Waals surface area contributed by atoms with Crippen LogP contribution in [0, 0.1) is 0 Å². The first-order valence-electron chi connectivity index (χ1n) is 6.50. The number of halogens is 2. The fraction of sp³-hybridized carbons (Fsp3) is 0.333. The van der Waals surface area contributed by atoms with E-state index in [1.165, 1.54) is 10.4 Å². The average molecular weight is 375 g/mol. The van der Waals surface area contributed by atoms with Crippen LogP contribution < -0.4 is 10.1 Å². The Morgan fingerprint density at radius 2 is 2.20 bits per heavy atom. The Morgan fingerprint density at radius 3 is 2.80 bits per heavy atom. The Morgan fingerprint density at radius 1 is 1.40 bits per heavy atom. The number of ether oxygens (including phenoxy) is 1. The van der Waals surface area contributed by atoms with Crippen LogP contribution in [-0.4, -0.2) is 13.7 Å². The highest BCUT2D eigenvalue weighted by atomic mass is 79.9.